The Hall–Kier alpha value is -3.07. The van der Waals surface area contributed by atoms with Gasteiger partial charge in [0.2, 0.25) is 0 Å². The average molecular weight is 481 g/mol. The molecule has 0 radical (unpaired) electrons. The smallest absolute Gasteiger partial charge is 0.165 e. The first-order chi connectivity index (χ1) is 17.2. The lowest BCUT2D eigenvalue weighted by Gasteiger charge is -2.26. The summed E-state index contributed by atoms with van der Waals surface area (Å²) >= 11 is 0. The van der Waals surface area contributed by atoms with E-state index in [-0.39, 0.29) is 12.7 Å². The number of hydrogen-bond acceptors (Lipinski definition) is 8. The van der Waals surface area contributed by atoms with Crippen LogP contribution in [0.15, 0.2) is 54.7 Å². The van der Waals surface area contributed by atoms with Gasteiger partial charge in [-0.25, -0.2) is 0 Å². The molecule has 1 saturated carbocycles. The van der Waals surface area contributed by atoms with Crippen LogP contribution in [-0.4, -0.2) is 68.4 Å². The van der Waals surface area contributed by atoms with Crippen LogP contribution in [-0.2, 0) is 4.74 Å². The van der Waals surface area contributed by atoms with Crippen molar-refractivity contribution < 1.29 is 28.8 Å². The van der Waals surface area contributed by atoms with Crippen molar-refractivity contribution >= 4 is 10.9 Å². The van der Waals surface area contributed by atoms with Crippen LogP contribution in [0, 0.1) is 5.92 Å². The predicted molar refractivity (Wildman–Crippen MR) is 132 cm³/mol. The number of aliphatic hydroxyl groups excluding tert-OH is 1. The number of benzene rings is 2. The van der Waals surface area contributed by atoms with Crippen molar-refractivity contribution in [3.05, 3.63) is 54.7 Å². The molecule has 186 valence electrons. The Morgan fingerprint density at radius 2 is 1.91 bits per heavy atom. The van der Waals surface area contributed by atoms with Gasteiger partial charge in [0.1, 0.15) is 37.4 Å². The molecule has 2 heterocycles. The zero-order valence-electron chi connectivity index (χ0n) is 19.7. The van der Waals surface area contributed by atoms with E-state index in [1.54, 1.807) is 12.3 Å². The van der Waals surface area contributed by atoms with E-state index in [1.165, 1.54) is 12.8 Å². The predicted octanol–water partition coefficient (Wildman–Crippen LogP) is 3.21. The van der Waals surface area contributed by atoms with Crippen molar-refractivity contribution in [2.24, 2.45) is 5.92 Å². The van der Waals surface area contributed by atoms with E-state index in [2.05, 4.69) is 10.3 Å². The molecule has 2 aromatic carbocycles. The highest BCUT2D eigenvalue weighted by atomic mass is 16.6. The third-order valence-electron chi connectivity index (χ3n) is 5.93. The first kappa shape index (κ1) is 23.7. The number of nitrogens with one attached hydrogen (secondary N) is 1. The van der Waals surface area contributed by atoms with Crippen LogP contribution in [0.25, 0.3) is 10.9 Å². The minimum Gasteiger partial charge on any atom is -0.492 e. The fourth-order valence-electron chi connectivity index (χ4n) is 3.82. The summed E-state index contributed by atoms with van der Waals surface area (Å²) < 4.78 is 29.0. The van der Waals surface area contributed by atoms with Gasteiger partial charge in [-0.15, -0.1) is 0 Å². The second kappa shape index (κ2) is 11.6. The zero-order chi connectivity index (χ0) is 23.9. The van der Waals surface area contributed by atoms with Crippen LogP contribution < -0.4 is 24.3 Å². The lowest BCUT2D eigenvalue weighted by molar-refractivity contribution is 0.00551. The zero-order valence-corrected chi connectivity index (χ0v) is 19.7. The number of ether oxygens (including phenoxy) is 5. The number of aliphatic hydroxyl groups is 1. The fraction of sp³-hybridized carbons (Fsp3) is 0.444. The molecule has 2 N–H and O–H groups in total. The first-order valence-corrected chi connectivity index (χ1v) is 12.2. The first-order valence-electron chi connectivity index (χ1n) is 12.2. The molecule has 1 fully saturated rings. The molecule has 2 aliphatic rings. The van der Waals surface area contributed by atoms with E-state index in [0.717, 1.165) is 29.2 Å². The number of nitrogens with zero attached hydrogens (tertiary/aromatic N) is 1. The number of fused-ring (bicyclic) bond motifs is 2. The maximum atomic E-state index is 10.2. The number of hydrogen-bond donors (Lipinski definition) is 2. The highest BCUT2D eigenvalue weighted by molar-refractivity contribution is 5.79. The van der Waals surface area contributed by atoms with Crippen LogP contribution >= 0.6 is 0 Å². The Morgan fingerprint density at radius 3 is 2.83 bits per heavy atom. The Balaban J connectivity index is 0.972. The van der Waals surface area contributed by atoms with Crippen LogP contribution in [0.5, 0.6) is 23.0 Å². The molecule has 8 nitrogen and oxygen atoms in total. The Kier molecular flexibility index (Phi) is 7.82. The summed E-state index contributed by atoms with van der Waals surface area (Å²) in [6.07, 6.45) is 3.58. The fourth-order valence-corrected chi connectivity index (χ4v) is 3.82. The van der Waals surface area contributed by atoms with Gasteiger partial charge in [-0.05, 0) is 55.2 Å². The lowest BCUT2D eigenvalue weighted by atomic mass is 10.2. The summed E-state index contributed by atoms with van der Waals surface area (Å²) in [5.41, 5.74) is 0.942. The summed E-state index contributed by atoms with van der Waals surface area (Å²) in [5.74, 6) is 3.50. The third kappa shape index (κ3) is 6.97. The Labute approximate surface area is 205 Å². The van der Waals surface area contributed by atoms with Gasteiger partial charge in [0.25, 0.3) is 0 Å². The van der Waals surface area contributed by atoms with E-state index in [9.17, 15) is 5.11 Å². The summed E-state index contributed by atoms with van der Waals surface area (Å²) in [6, 6.07) is 15.2. The van der Waals surface area contributed by atoms with Gasteiger partial charge in [-0.1, -0.05) is 6.07 Å². The van der Waals surface area contributed by atoms with Crippen molar-refractivity contribution in [3.63, 3.8) is 0 Å². The lowest BCUT2D eigenvalue weighted by Crippen LogP contribution is -2.34. The van der Waals surface area contributed by atoms with Gasteiger partial charge in [-0.2, -0.15) is 0 Å². The highest BCUT2D eigenvalue weighted by Gasteiger charge is 2.25. The topological polar surface area (TPSA) is 91.3 Å². The maximum absolute atomic E-state index is 10.2. The summed E-state index contributed by atoms with van der Waals surface area (Å²) in [4.78, 5) is 4.31. The minimum atomic E-state index is -0.650. The van der Waals surface area contributed by atoms with E-state index >= 15 is 0 Å². The third-order valence-corrected chi connectivity index (χ3v) is 5.93. The van der Waals surface area contributed by atoms with Crippen LogP contribution in [0.4, 0.5) is 0 Å². The Morgan fingerprint density at radius 1 is 1.03 bits per heavy atom. The standard InChI is InChI=1S/C27H32N2O6/c30-21(14-28-10-11-32-22-5-7-25-20(12-22)2-1-9-29-25)16-33-23-6-8-26-27(13-23)34-18-24(35-26)17-31-15-19-3-4-19/h1-2,5-9,12-13,19,21,24,28,30H,3-4,10-11,14-18H2/t21-,24+/m0/s1. The molecule has 1 aliphatic heterocycles. The molecule has 0 unspecified atom stereocenters. The maximum Gasteiger partial charge on any atom is 0.165 e. The molecule has 0 amide bonds. The minimum absolute atomic E-state index is 0.0943. The highest BCUT2D eigenvalue weighted by Crippen LogP contribution is 2.35. The normalized spacial score (nSPS) is 17.8. The molecule has 0 spiro atoms. The molecule has 2 atom stereocenters. The van der Waals surface area contributed by atoms with Crippen molar-refractivity contribution in [2.75, 3.05) is 46.1 Å². The van der Waals surface area contributed by atoms with E-state index in [1.807, 2.05) is 42.5 Å². The average Bonchev–Trinajstić information content (AvgIpc) is 3.71. The molecular formula is C27H32N2O6. The SMILES string of the molecule is O[C@@H](CNCCOc1ccc2ncccc2c1)COc1ccc2c(c1)OC[C@@H](COCC1CC1)O2. The van der Waals surface area contributed by atoms with E-state index in [0.29, 0.717) is 50.2 Å². The van der Waals surface area contributed by atoms with Crippen molar-refractivity contribution in [1.29, 1.82) is 0 Å². The summed E-state index contributed by atoms with van der Waals surface area (Å²) in [7, 11) is 0. The van der Waals surface area contributed by atoms with Gasteiger partial charge in [-0.3, -0.25) is 4.98 Å². The van der Waals surface area contributed by atoms with Crippen LogP contribution in [0.1, 0.15) is 12.8 Å². The van der Waals surface area contributed by atoms with Gasteiger partial charge < -0.3 is 34.1 Å². The summed E-state index contributed by atoms with van der Waals surface area (Å²) in [6.45, 7) is 3.47. The molecule has 1 aliphatic carbocycles. The van der Waals surface area contributed by atoms with Gasteiger partial charge in [0, 0.05) is 37.3 Å². The molecule has 5 rings (SSSR count). The number of rotatable bonds is 13. The van der Waals surface area contributed by atoms with Gasteiger partial charge >= 0.3 is 0 Å². The monoisotopic (exact) mass is 480 g/mol. The molecule has 0 bridgehead atoms. The number of pyridine rings is 1. The molecule has 35 heavy (non-hydrogen) atoms. The van der Waals surface area contributed by atoms with Crippen molar-refractivity contribution in [2.45, 2.75) is 25.0 Å². The largest absolute Gasteiger partial charge is 0.492 e. The van der Waals surface area contributed by atoms with Crippen molar-refractivity contribution in [1.82, 2.24) is 10.3 Å². The van der Waals surface area contributed by atoms with Gasteiger partial charge in [0.05, 0.1) is 12.1 Å². The molecule has 8 heteroatoms. The second-order valence-electron chi connectivity index (χ2n) is 9.02. The van der Waals surface area contributed by atoms with Crippen LogP contribution in [0.3, 0.4) is 0 Å². The van der Waals surface area contributed by atoms with Gasteiger partial charge in [0.15, 0.2) is 17.6 Å². The molecule has 3 aromatic rings. The van der Waals surface area contributed by atoms with E-state index < -0.39 is 6.10 Å². The summed E-state index contributed by atoms with van der Waals surface area (Å²) in [5, 5.41) is 14.5. The quantitative estimate of drug-likeness (QED) is 0.361. The number of aromatic nitrogens is 1. The molecule has 1 aromatic heterocycles. The molecule has 0 saturated heterocycles. The Bertz CT molecular complexity index is 1110. The van der Waals surface area contributed by atoms with Crippen LogP contribution in [0.2, 0.25) is 0 Å². The van der Waals surface area contributed by atoms with Crippen molar-refractivity contribution in [3.8, 4) is 23.0 Å². The molecular weight excluding hydrogens is 448 g/mol. The second-order valence-corrected chi connectivity index (χ2v) is 9.02. The van der Waals surface area contributed by atoms with E-state index in [4.69, 9.17) is 23.7 Å².